The predicted molar refractivity (Wildman–Crippen MR) is 90.0 cm³/mol. The molecule has 3 aromatic rings. The fourth-order valence-electron chi connectivity index (χ4n) is 2.58. The highest BCUT2D eigenvalue weighted by Gasteiger charge is 2.20. The van der Waals surface area contributed by atoms with Gasteiger partial charge in [-0.05, 0) is 31.2 Å². The molecule has 0 atom stereocenters. The summed E-state index contributed by atoms with van der Waals surface area (Å²) < 4.78 is 25.8. The minimum Gasteiger partial charge on any atom is -0.385 e. The van der Waals surface area contributed by atoms with Crippen LogP contribution in [0.1, 0.15) is 6.92 Å². The summed E-state index contributed by atoms with van der Waals surface area (Å²) in [6.45, 7) is 2.80. The van der Waals surface area contributed by atoms with Crippen LogP contribution in [-0.4, -0.2) is 15.0 Å². The van der Waals surface area contributed by atoms with Crippen LogP contribution >= 0.6 is 0 Å². The summed E-state index contributed by atoms with van der Waals surface area (Å²) in [7, 11) is -3.53. The molecule has 0 heterocycles. The van der Waals surface area contributed by atoms with Crippen molar-refractivity contribution >= 4 is 26.3 Å². The Morgan fingerprint density at radius 1 is 0.818 bits per heavy atom. The minimum absolute atomic E-state index is 0.316. The molecule has 0 aliphatic carbocycles. The average molecular weight is 311 g/mol. The maximum absolute atomic E-state index is 12.9. The lowest BCUT2D eigenvalue weighted by atomic mass is 10.1. The van der Waals surface area contributed by atoms with E-state index >= 15 is 0 Å². The molecule has 0 unspecified atom stereocenters. The number of fused-ring (bicyclic) bond motifs is 1. The van der Waals surface area contributed by atoms with Crippen molar-refractivity contribution in [3.05, 3.63) is 66.7 Å². The van der Waals surface area contributed by atoms with Gasteiger partial charge >= 0.3 is 0 Å². The molecule has 22 heavy (non-hydrogen) atoms. The molecule has 0 aliphatic rings. The van der Waals surface area contributed by atoms with Gasteiger partial charge < -0.3 is 5.32 Å². The molecule has 0 fully saturated rings. The summed E-state index contributed by atoms with van der Waals surface area (Å²) in [6, 6.07) is 19.6. The molecule has 4 heteroatoms. The second kappa shape index (κ2) is 5.81. The van der Waals surface area contributed by atoms with Crippen LogP contribution in [-0.2, 0) is 9.84 Å². The molecule has 0 aliphatic heterocycles. The maximum atomic E-state index is 12.9. The molecule has 0 saturated carbocycles. The van der Waals surface area contributed by atoms with Gasteiger partial charge in [0.1, 0.15) is 0 Å². The van der Waals surface area contributed by atoms with Gasteiger partial charge in [-0.25, -0.2) is 8.42 Å². The van der Waals surface area contributed by atoms with E-state index in [1.165, 1.54) is 0 Å². The first-order valence-electron chi connectivity index (χ1n) is 7.20. The van der Waals surface area contributed by atoms with Gasteiger partial charge in [-0.3, -0.25) is 0 Å². The molecule has 1 N–H and O–H groups in total. The molecule has 0 radical (unpaired) electrons. The third-order valence-electron chi connectivity index (χ3n) is 3.59. The van der Waals surface area contributed by atoms with Gasteiger partial charge in [-0.1, -0.05) is 42.5 Å². The van der Waals surface area contributed by atoms with Crippen molar-refractivity contribution in [2.45, 2.75) is 16.7 Å². The van der Waals surface area contributed by atoms with E-state index in [0.29, 0.717) is 9.79 Å². The monoisotopic (exact) mass is 311 g/mol. The van der Waals surface area contributed by atoms with Crippen LogP contribution in [0.2, 0.25) is 0 Å². The van der Waals surface area contributed by atoms with E-state index in [1.54, 1.807) is 30.3 Å². The third-order valence-corrected chi connectivity index (χ3v) is 5.42. The van der Waals surface area contributed by atoms with Crippen molar-refractivity contribution in [1.82, 2.24) is 0 Å². The molecule has 0 saturated heterocycles. The summed E-state index contributed by atoms with van der Waals surface area (Å²) in [4.78, 5) is 0.660. The summed E-state index contributed by atoms with van der Waals surface area (Å²) in [5.74, 6) is 0. The van der Waals surface area contributed by atoms with Gasteiger partial charge in [0.05, 0.1) is 9.79 Å². The second-order valence-corrected chi connectivity index (χ2v) is 6.92. The van der Waals surface area contributed by atoms with E-state index in [2.05, 4.69) is 5.32 Å². The van der Waals surface area contributed by atoms with Crippen LogP contribution in [0.3, 0.4) is 0 Å². The van der Waals surface area contributed by atoms with Gasteiger partial charge in [0.25, 0.3) is 0 Å². The molecule has 0 aromatic heterocycles. The standard InChI is InChI=1S/C18H17NO2S/c1-2-19-17-12-13-18(16-11-7-6-10-15(16)17)22(20,21)14-8-4-3-5-9-14/h3-13,19H,2H2,1H3. The predicted octanol–water partition coefficient (Wildman–Crippen LogP) is 4.10. The Hall–Kier alpha value is -2.33. The lowest BCUT2D eigenvalue weighted by Gasteiger charge is -2.12. The van der Waals surface area contributed by atoms with Crippen molar-refractivity contribution in [1.29, 1.82) is 0 Å². The first kappa shape index (κ1) is 14.6. The number of anilines is 1. The van der Waals surface area contributed by atoms with E-state index in [-0.39, 0.29) is 0 Å². The molecule has 0 spiro atoms. The Morgan fingerprint density at radius 2 is 1.45 bits per heavy atom. The lowest BCUT2D eigenvalue weighted by Crippen LogP contribution is -2.04. The third kappa shape index (κ3) is 2.46. The number of nitrogens with one attached hydrogen (secondary N) is 1. The van der Waals surface area contributed by atoms with Crippen molar-refractivity contribution in [3.63, 3.8) is 0 Å². The summed E-state index contributed by atoms with van der Waals surface area (Å²) in [5.41, 5.74) is 0.949. The molecule has 3 nitrogen and oxygen atoms in total. The number of sulfone groups is 1. The Kier molecular flexibility index (Phi) is 3.86. The number of hydrogen-bond acceptors (Lipinski definition) is 3. The molecule has 0 amide bonds. The van der Waals surface area contributed by atoms with Crippen molar-refractivity contribution in [2.75, 3.05) is 11.9 Å². The Morgan fingerprint density at radius 3 is 2.14 bits per heavy atom. The van der Waals surface area contributed by atoms with Crippen LogP contribution in [0, 0.1) is 0 Å². The zero-order valence-electron chi connectivity index (χ0n) is 12.3. The summed E-state index contributed by atoms with van der Waals surface area (Å²) in [5, 5.41) is 4.93. The largest absolute Gasteiger partial charge is 0.385 e. The Labute approximate surface area is 130 Å². The van der Waals surface area contributed by atoms with E-state index in [4.69, 9.17) is 0 Å². The van der Waals surface area contributed by atoms with Crippen LogP contribution in [0.15, 0.2) is 76.5 Å². The fraction of sp³-hybridized carbons (Fsp3) is 0.111. The Balaban J connectivity index is 2.27. The van der Waals surface area contributed by atoms with E-state index < -0.39 is 9.84 Å². The molecular weight excluding hydrogens is 294 g/mol. The highest BCUT2D eigenvalue weighted by molar-refractivity contribution is 7.91. The van der Waals surface area contributed by atoms with Gasteiger partial charge in [0.2, 0.25) is 9.84 Å². The summed E-state index contributed by atoms with van der Waals surface area (Å²) in [6.07, 6.45) is 0. The number of rotatable bonds is 4. The minimum atomic E-state index is -3.53. The normalized spacial score (nSPS) is 11.5. The first-order chi connectivity index (χ1) is 10.6. The van der Waals surface area contributed by atoms with Gasteiger partial charge in [0, 0.05) is 23.0 Å². The van der Waals surface area contributed by atoms with Crippen LogP contribution in [0.25, 0.3) is 10.8 Å². The Bertz CT molecular complexity index is 903. The zero-order valence-corrected chi connectivity index (χ0v) is 13.1. The fourth-order valence-corrected chi connectivity index (χ4v) is 4.06. The van der Waals surface area contributed by atoms with E-state index in [1.807, 2.05) is 43.3 Å². The molecular formula is C18H17NO2S. The second-order valence-electron chi connectivity index (χ2n) is 5.00. The topological polar surface area (TPSA) is 46.2 Å². The van der Waals surface area contributed by atoms with Crippen LogP contribution < -0.4 is 5.32 Å². The quantitative estimate of drug-likeness (QED) is 0.789. The van der Waals surface area contributed by atoms with Crippen LogP contribution in [0.5, 0.6) is 0 Å². The van der Waals surface area contributed by atoms with Gasteiger partial charge in [0.15, 0.2) is 0 Å². The number of hydrogen-bond donors (Lipinski definition) is 1. The highest BCUT2D eigenvalue weighted by Crippen LogP contribution is 2.32. The average Bonchev–Trinajstić information content (AvgIpc) is 2.56. The van der Waals surface area contributed by atoms with Crippen molar-refractivity contribution in [2.24, 2.45) is 0 Å². The van der Waals surface area contributed by atoms with Gasteiger partial charge in [-0.2, -0.15) is 0 Å². The van der Waals surface area contributed by atoms with Crippen molar-refractivity contribution in [3.8, 4) is 0 Å². The zero-order chi connectivity index (χ0) is 15.6. The SMILES string of the molecule is CCNc1ccc(S(=O)(=O)c2ccccc2)c2ccccc12. The maximum Gasteiger partial charge on any atom is 0.207 e. The smallest absolute Gasteiger partial charge is 0.207 e. The molecule has 0 bridgehead atoms. The summed E-state index contributed by atoms with van der Waals surface area (Å²) >= 11 is 0. The van der Waals surface area contributed by atoms with E-state index in [9.17, 15) is 8.42 Å². The van der Waals surface area contributed by atoms with Crippen molar-refractivity contribution < 1.29 is 8.42 Å². The first-order valence-corrected chi connectivity index (χ1v) is 8.68. The van der Waals surface area contributed by atoms with Crippen LogP contribution in [0.4, 0.5) is 5.69 Å². The molecule has 3 aromatic carbocycles. The van der Waals surface area contributed by atoms with E-state index in [0.717, 1.165) is 23.0 Å². The molecule has 3 rings (SSSR count). The highest BCUT2D eigenvalue weighted by atomic mass is 32.2. The lowest BCUT2D eigenvalue weighted by molar-refractivity contribution is 0.597. The van der Waals surface area contributed by atoms with Gasteiger partial charge in [-0.15, -0.1) is 0 Å². The number of benzene rings is 3. The molecule has 112 valence electrons.